The zero-order chi connectivity index (χ0) is 46.5. The first-order valence-electron chi connectivity index (χ1n) is 18.1. The Kier molecular flexibility index (Phi) is 28.8. The predicted molar refractivity (Wildman–Crippen MR) is 253 cm³/mol. The quantitative estimate of drug-likeness (QED) is 0.0778. The van der Waals surface area contributed by atoms with Crippen molar-refractivity contribution >= 4 is 104 Å². The van der Waals surface area contributed by atoms with Gasteiger partial charge in [0, 0.05) is 29.6 Å². The van der Waals surface area contributed by atoms with Gasteiger partial charge in [0.2, 0.25) is 0 Å². The Labute approximate surface area is 382 Å². The molecular weight excluding hydrogens is 883 g/mol. The lowest BCUT2D eigenvalue weighted by Crippen LogP contribution is -1.91. The van der Waals surface area contributed by atoms with Crippen molar-refractivity contribution in [3.63, 3.8) is 0 Å². The molecule has 7 rings (SSSR count). The summed E-state index contributed by atoms with van der Waals surface area (Å²) >= 11 is 5.55. The summed E-state index contributed by atoms with van der Waals surface area (Å²) in [5.41, 5.74) is 2.61. The molecule has 7 aromatic heterocycles. The van der Waals surface area contributed by atoms with Gasteiger partial charge in [0.15, 0.2) is 53.1 Å². The van der Waals surface area contributed by atoms with E-state index in [1.54, 1.807) is 97.6 Å². The lowest BCUT2D eigenvalue weighted by Gasteiger charge is -1.86. The molecule has 0 amide bonds. The number of furan rings is 2. The molecule has 332 valence electrons. The molecule has 7 aromatic rings. The molecule has 0 spiro atoms. The molecule has 1 N–H and O–H groups in total. The Hall–Kier alpha value is -6.59. The number of carbonyl (C=O) groups is 9. The van der Waals surface area contributed by atoms with Gasteiger partial charge in [-0.3, -0.25) is 43.2 Å². The number of aromatic nitrogens is 1. The van der Waals surface area contributed by atoms with Gasteiger partial charge in [0.1, 0.15) is 12.0 Å². The van der Waals surface area contributed by atoms with Crippen molar-refractivity contribution in [1.82, 2.24) is 4.98 Å². The summed E-state index contributed by atoms with van der Waals surface area (Å²) in [5, 5.41) is 7.39. The third-order valence-electron chi connectivity index (χ3n) is 6.96. The predicted octanol–water partition coefficient (Wildman–Crippen LogP) is 12.6. The summed E-state index contributed by atoms with van der Waals surface area (Å²) < 4.78 is 9.60. The first-order valence-corrected chi connectivity index (χ1v) is 21.6. The maximum Gasteiger partial charge on any atom is 0.175 e. The van der Waals surface area contributed by atoms with Gasteiger partial charge in [0.25, 0.3) is 0 Å². The maximum absolute atomic E-state index is 10.7. The summed E-state index contributed by atoms with van der Waals surface area (Å²) in [6.07, 6.45) is 10.8. The number of H-pyrrole nitrogens is 1. The smallest absolute Gasteiger partial charge is 0.175 e. The zero-order valence-electron chi connectivity index (χ0n) is 34.9. The van der Waals surface area contributed by atoms with E-state index in [4.69, 9.17) is 4.42 Å². The van der Waals surface area contributed by atoms with Gasteiger partial charge in [-0.25, -0.2) is 0 Å². The molecule has 0 aliphatic heterocycles. The molecule has 0 atom stereocenters. The van der Waals surface area contributed by atoms with E-state index in [0.717, 1.165) is 16.7 Å². The minimum Gasteiger partial charge on any atom is -0.472 e. The van der Waals surface area contributed by atoms with E-state index >= 15 is 0 Å². The zero-order valence-corrected chi connectivity index (χ0v) is 38.2. The SMILES string of the molecule is C.CC(=O)/C=C/c1ccco1.CC(=O)c1ccc(C=O)s1.CC(=O)c1ccc[nH]1.CC(=O)c1cccs1.CC(=O)c1ccoc1.CC(=O)c1ccsc1.CC(=O)c1sccc1C=O. The van der Waals surface area contributed by atoms with Crippen molar-refractivity contribution in [2.75, 3.05) is 0 Å². The van der Waals surface area contributed by atoms with E-state index < -0.39 is 0 Å². The summed E-state index contributed by atoms with van der Waals surface area (Å²) in [6.45, 7) is 10.6. The van der Waals surface area contributed by atoms with Crippen LogP contribution in [0.3, 0.4) is 0 Å². The van der Waals surface area contributed by atoms with Crippen LogP contribution in [0.15, 0.2) is 128 Å². The van der Waals surface area contributed by atoms with E-state index in [2.05, 4.69) is 9.40 Å². The van der Waals surface area contributed by atoms with E-state index in [0.29, 0.717) is 43.5 Å². The second kappa shape index (κ2) is 32.2. The van der Waals surface area contributed by atoms with Crippen LogP contribution in [0.4, 0.5) is 0 Å². The number of carbonyl (C=O) groups excluding carboxylic acids is 9. The molecule has 0 aliphatic rings. The molecule has 0 bridgehead atoms. The van der Waals surface area contributed by atoms with Crippen LogP contribution in [-0.4, -0.2) is 58.0 Å². The highest BCUT2D eigenvalue weighted by molar-refractivity contribution is 7.15. The van der Waals surface area contributed by atoms with Gasteiger partial charge in [-0.2, -0.15) is 11.3 Å². The monoisotopic (exact) mass is 931 g/mol. The van der Waals surface area contributed by atoms with Gasteiger partial charge in [0.05, 0.1) is 43.3 Å². The van der Waals surface area contributed by atoms with Gasteiger partial charge in [-0.15, -0.1) is 34.0 Å². The average Bonchev–Trinajstić information content (AvgIpc) is 4.11. The molecule has 16 heteroatoms. The summed E-state index contributed by atoms with van der Waals surface area (Å²) in [5.74, 6) is 1.11. The molecule has 7 heterocycles. The standard InChI is InChI=1S/C8H8O2.2C7H6O2S.C6H7NO.C6H6O2.2C6H6OS.CH4/c1-7(9)4-5-8-3-2-6-10-8;1-5(9)7-6(4-8)2-3-10-7;1-5(9)7-3-2-6(4-8)10-7;1-5(8)6-3-2-4-7-6;2*1-5(7)6-2-3-8-4-6;1-5(7)6-3-2-4-8-6;/h2-6H,1H3;2*2-4H,1H3;2-4,7H,1H3;3*2-4H,1H3;1H4/b5-4+;;;;;;;. The second-order valence-corrected chi connectivity index (χ2v) is 15.8. The maximum atomic E-state index is 10.7. The van der Waals surface area contributed by atoms with Crippen LogP contribution in [0.1, 0.15) is 142 Å². The Morgan fingerprint density at radius 2 is 1.30 bits per heavy atom. The number of rotatable bonds is 10. The highest BCUT2D eigenvalue weighted by atomic mass is 32.1. The first kappa shape index (κ1) is 56.4. The Balaban J connectivity index is 0.000000712. The van der Waals surface area contributed by atoms with Gasteiger partial charge >= 0.3 is 0 Å². The minimum atomic E-state index is -0.0444. The molecule has 0 saturated carbocycles. The number of allylic oxidation sites excluding steroid dienone is 1. The van der Waals surface area contributed by atoms with Crippen LogP contribution >= 0.6 is 45.3 Å². The number of Topliss-reactive ketones (excluding diaryl/α,β-unsaturated/α-hetero) is 6. The fraction of sp³-hybridized carbons (Fsp3) is 0.170. The molecule has 0 unspecified atom stereocenters. The molecular formula is C47H49NO11S4. The van der Waals surface area contributed by atoms with Crippen LogP contribution in [0, 0.1) is 0 Å². The number of aldehydes is 2. The van der Waals surface area contributed by atoms with Crippen molar-refractivity contribution in [3.05, 3.63) is 167 Å². The van der Waals surface area contributed by atoms with Crippen molar-refractivity contribution < 1.29 is 52.0 Å². The molecule has 0 aliphatic carbocycles. The van der Waals surface area contributed by atoms with Crippen LogP contribution in [0.5, 0.6) is 0 Å². The molecule has 0 radical (unpaired) electrons. The number of hydrogen-bond acceptors (Lipinski definition) is 15. The van der Waals surface area contributed by atoms with E-state index in [9.17, 15) is 43.2 Å². The molecule has 12 nitrogen and oxygen atoms in total. The average molecular weight is 932 g/mol. The van der Waals surface area contributed by atoms with Gasteiger partial charge < -0.3 is 13.8 Å². The van der Waals surface area contributed by atoms with Crippen LogP contribution < -0.4 is 0 Å². The molecule has 0 aromatic carbocycles. The summed E-state index contributed by atoms with van der Waals surface area (Å²) in [6, 6.07) is 19.3. The Morgan fingerprint density at radius 3 is 1.62 bits per heavy atom. The number of nitrogens with one attached hydrogen (secondary N) is 1. The fourth-order valence-corrected chi connectivity index (χ4v) is 6.66. The van der Waals surface area contributed by atoms with Gasteiger partial charge in [-0.1, -0.05) is 13.5 Å². The Morgan fingerprint density at radius 1 is 0.603 bits per heavy atom. The number of aromatic amines is 1. The van der Waals surface area contributed by atoms with Crippen LogP contribution in [-0.2, 0) is 4.79 Å². The Bertz CT molecular complexity index is 2250. The van der Waals surface area contributed by atoms with Crippen LogP contribution in [0.2, 0.25) is 0 Å². The molecule has 0 fully saturated rings. The second-order valence-electron chi connectivity index (χ2n) is 12.0. The number of ketones is 7. The van der Waals surface area contributed by atoms with Crippen molar-refractivity contribution in [2.45, 2.75) is 55.9 Å². The highest BCUT2D eigenvalue weighted by Crippen LogP contribution is 2.15. The summed E-state index contributed by atoms with van der Waals surface area (Å²) in [7, 11) is 0. The van der Waals surface area contributed by atoms with Gasteiger partial charge in [-0.05, 0) is 130 Å². The third kappa shape index (κ3) is 24.4. The number of thiophene rings is 4. The summed E-state index contributed by atoms with van der Waals surface area (Å²) in [4.78, 5) is 99.6. The lowest BCUT2D eigenvalue weighted by molar-refractivity contribution is -0.112. The normalized spacial score (nSPS) is 9.25. The topological polar surface area (TPSA) is 196 Å². The highest BCUT2D eigenvalue weighted by Gasteiger charge is 2.06. The molecule has 0 saturated heterocycles. The van der Waals surface area contributed by atoms with Crippen molar-refractivity contribution in [2.24, 2.45) is 0 Å². The van der Waals surface area contributed by atoms with Crippen molar-refractivity contribution in [3.8, 4) is 0 Å². The largest absolute Gasteiger partial charge is 0.472 e. The lowest BCUT2D eigenvalue weighted by atomic mass is 10.2. The van der Waals surface area contributed by atoms with E-state index in [-0.39, 0.29) is 47.9 Å². The molecule has 63 heavy (non-hydrogen) atoms. The number of hydrogen-bond donors (Lipinski definition) is 1. The van der Waals surface area contributed by atoms with Crippen molar-refractivity contribution in [1.29, 1.82) is 0 Å². The van der Waals surface area contributed by atoms with E-state index in [1.807, 2.05) is 34.3 Å². The van der Waals surface area contributed by atoms with Crippen LogP contribution in [0.25, 0.3) is 6.08 Å². The first-order chi connectivity index (χ1) is 29.5. The minimum absolute atomic E-state index is 0. The fourth-order valence-electron chi connectivity index (χ4n) is 3.85. The van der Waals surface area contributed by atoms with E-state index in [1.165, 1.54) is 87.2 Å². The third-order valence-corrected chi connectivity index (χ3v) is 10.8.